The number of carbonyl (C=O) groups excluding carboxylic acids is 2. The van der Waals surface area contributed by atoms with Crippen LogP contribution in [0.4, 0.5) is 10.7 Å². The van der Waals surface area contributed by atoms with Gasteiger partial charge in [0.1, 0.15) is 5.00 Å². The zero-order valence-electron chi connectivity index (χ0n) is 14.3. The molecule has 2 heterocycles. The summed E-state index contributed by atoms with van der Waals surface area (Å²) in [4.78, 5) is 30.6. The van der Waals surface area contributed by atoms with Gasteiger partial charge in [0.05, 0.1) is 11.1 Å². The molecule has 4 rings (SSSR count). The molecule has 0 atom stereocenters. The molecule has 0 unspecified atom stereocenters. The van der Waals surface area contributed by atoms with Crippen LogP contribution in [-0.2, 0) is 12.8 Å². The van der Waals surface area contributed by atoms with E-state index < -0.39 is 0 Å². The number of rotatable bonds is 4. The number of hydrogen-bond donors (Lipinski definition) is 2. The van der Waals surface area contributed by atoms with Crippen molar-refractivity contribution in [3.8, 4) is 0 Å². The molecule has 2 amide bonds. The molecule has 136 valence electrons. The van der Waals surface area contributed by atoms with Crippen molar-refractivity contribution in [1.82, 2.24) is 4.98 Å². The van der Waals surface area contributed by atoms with Gasteiger partial charge in [-0.1, -0.05) is 11.6 Å². The molecule has 0 saturated carbocycles. The number of nitrogens with zero attached hydrogens (tertiary/aromatic N) is 1. The Kier molecular flexibility index (Phi) is 4.92. The van der Waals surface area contributed by atoms with Crippen LogP contribution >= 0.6 is 22.9 Å². The summed E-state index contributed by atoms with van der Waals surface area (Å²) in [6.45, 7) is 0. The highest BCUT2D eigenvalue weighted by Gasteiger charge is 2.27. The average Bonchev–Trinajstić information content (AvgIpc) is 3.25. The lowest BCUT2D eigenvalue weighted by Gasteiger charge is -2.10. The number of benzene rings is 1. The number of aromatic nitrogens is 1. The van der Waals surface area contributed by atoms with E-state index in [2.05, 4.69) is 15.6 Å². The highest BCUT2D eigenvalue weighted by atomic mass is 35.5. The van der Waals surface area contributed by atoms with Crippen molar-refractivity contribution in [1.29, 1.82) is 0 Å². The summed E-state index contributed by atoms with van der Waals surface area (Å²) < 4.78 is 0. The van der Waals surface area contributed by atoms with Crippen molar-refractivity contribution >= 4 is 45.4 Å². The molecule has 0 spiro atoms. The number of aryl methyl sites for hydroxylation is 1. The zero-order valence-corrected chi connectivity index (χ0v) is 15.9. The number of nitrogens with one attached hydrogen (secondary N) is 2. The largest absolute Gasteiger partial charge is 0.322 e. The first-order valence-electron chi connectivity index (χ1n) is 8.54. The van der Waals surface area contributed by atoms with Crippen LogP contribution in [-0.4, -0.2) is 16.8 Å². The molecule has 0 radical (unpaired) electrons. The fourth-order valence-corrected chi connectivity index (χ4v) is 4.54. The summed E-state index contributed by atoms with van der Waals surface area (Å²) in [5, 5.41) is 6.98. The van der Waals surface area contributed by atoms with Crippen molar-refractivity contribution in [2.24, 2.45) is 0 Å². The Bertz CT molecular complexity index is 1000. The monoisotopic (exact) mass is 397 g/mol. The minimum atomic E-state index is -0.274. The molecule has 5 nitrogen and oxygen atoms in total. The molecular weight excluding hydrogens is 382 g/mol. The first-order chi connectivity index (χ1) is 13.1. The van der Waals surface area contributed by atoms with E-state index in [-0.39, 0.29) is 11.8 Å². The smallest absolute Gasteiger partial charge is 0.258 e. The second-order valence-electron chi connectivity index (χ2n) is 6.22. The van der Waals surface area contributed by atoms with Gasteiger partial charge in [-0.2, -0.15) is 0 Å². The normalized spacial score (nSPS) is 12.5. The van der Waals surface area contributed by atoms with E-state index in [4.69, 9.17) is 11.6 Å². The van der Waals surface area contributed by atoms with Gasteiger partial charge in [-0.25, -0.2) is 0 Å². The van der Waals surface area contributed by atoms with Gasteiger partial charge in [-0.05, 0) is 61.2 Å². The Morgan fingerprint density at radius 3 is 2.59 bits per heavy atom. The Hall–Kier alpha value is -2.70. The highest BCUT2D eigenvalue weighted by molar-refractivity contribution is 7.17. The van der Waals surface area contributed by atoms with Crippen LogP contribution in [0.5, 0.6) is 0 Å². The Labute approximate surface area is 165 Å². The first kappa shape index (κ1) is 17.7. The zero-order chi connectivity index (χ0) is 18.8. The maximum Gasteiger partial charge on any atom is 0.258 e. The van der Waals surface area contributed by atoms with Gasteiger partial charge in [0.25, 0.3) is 11.8 Å². The van der Waals surface area contributed by atoms with Crippen molar-refractivity contribution < 1.29 is 9.59 Å². The number of fused-ring (bicyclic) bond motifs is 1. The molecule has 2 aromatic heterocycles. The highest BCUT2D eigenvalue weighted by Crippen LogP contribution is 2.39. The van der Waals surface area contributed by atoms with Gasteiger partial charge in [-0.3, -0.25) is 14.6 Å². The number of carbonyl (C=O) groups is 2. The maximum atomic E-state index is 13.0. The Balaban J connectivity index is 1.62. The van der Waals surface area contributed by atoms with Gasteiger partial charge in [0.15, 0.2) is 0 Å². The fraction of sp³-hybridized carbons (Fsp3) is 0.150. The Morgan fingerprint density at radius 1 is 1.04 bits per heavy atom. The number of pyridine rings is 1. The maximum absolute atomic E-state index is 13.0. The topological polar surface area (TPSA) is 71.1 Å². The third-order valence-electron chi connectivity index (χ3n) is 4.40. The molecule has 1 aliphatic rings. The number of anilines is 2. The molecule has 0 fully saturated rings. The predicted octanol–water partition coefficient (Wildman–Crippen LogP) is 4.79. The van der Waals surface area contributed by atoms with E-state index >= 15 is 0 Å². The first-order valence-corrected chi connectivity index (χ1v) is 9.74. The quantitative estimate of drug-likeness (QED) is 0.664. The fourth-order valence-electron chi connectivity index (χ4n) is 3.13. The second-order valence-corrected chi connectivity index (χ2v) is 7.76. The molecule has 7 heteroatoms. The van der Waals surface area contributed by atoms with Crippen LogP contribution in [0.3, 0.4) is 0 Å². The summed E-state index contributed by atoms with van der Waals surface area (Å²) in [6, 6.07) is 10.3. The van der Waals surface area contributed by atoms with Gasteiger partial charge >= 0.3 is 0 Å². The van der Waals surface area contributed by atoms with Crippen molar-refractivity contribution in [3.05, 3.63) is 75.4 Å². The van der Waals surface area contributed by atoms with Crippen LogP contribution in [0.15, 0.2) is 48.8 Å². The van der Waals surface area contributed by atoms with Gasteiger partial charge in [-0.15, -0.1) is 11.3 Å². The molecular formula is C20H16ClN3O2S. The number of amides is 2. The average molecular weight is 398 g/mol. The number of halogens is 1. The van der Waals surface area contributed by atoms with Crippen LogP contribution < -0.4 is 10.6 Å². The summed E-state index contributed by atoms with van der Waals surface area (Å²) in [5.74, 6) is -0.498. The van der Waals surface area contributed by atoms with Gasteiger partial charge in [0, 0.05) is 28.0 Å². The van der Waals surface area contributed by atoms with E-state index in [0.29, 0.717) is 26.8 Å². The summed E-state index contributed by atoms with van der Waals surface area (Å²) >= 11 is 7.38. The minimum Gasteiger partial charge on any atom is -0.322 e. The lowest BCUT2D eigenvalue weighted by atomic mass is 10.1. The van der Waals surface area contributed by atoms with Crippen LogP contribution in [0.1, 0.15) is 37.6 Å². The van der Waals surface area contributed by atoms with E-state index in [9.17, 15) is 9.59 Å². The predicted molar refractivity (Wildman–Crippen MR) is 108 cm³/mol. The summed E-state index contributed by atoms with van der Waals surface area (Å²) in [5.41, 5.74) is 2.70. The second kappa shape index (κ2) is 7.50. The summed E-state index contributed by atoms with van der Waals surface area (Å²) in [7, 11) is 0. The molecule has 1 aliphatic carbocycles. The third-order valence-corrected chi connectivity index (χ3v) is 5.86. The van der Waals surface area contributed by atoms with E-state index in [1.165, 1.54) is 17.5 Å². The lowest BCUT2D eigenvalue weighted by molar-refractivity contribution is 0.102. The molecule has 2 N–H and O–H groups in total. The lowest BCUT2D eigenvalue weighted by Crippen LogP contribution is -2.18. The molecule has 1 aromatic carbocycles. The Morgan fingerprint density at radius 2 is 1.85 bits per heavy atom. The van der Waals surface area contributed by atoms with Crippen molar-refractivity contribution in [3.63, 3.8) is 0 Å². The molecule has 0 aliphatic heterocycles. The SMILES string of the molecule is O=C(Nc1sc2c(c1C(=O)Nc1ccc(Cl)cc1)CCC2)c1cccnc1. The van der Waals surface area contributed by atoms with Crippen molar-refractivity contribution in [2.45, 2.75) is 19.3 Å². The number of hydrogen-bond acceptors (Lipinski definition) is 4. The molecule has 0 saturated heterocycles. The molecule has 27 heavy (non-hydrogen) atoms. The standard InChI is InChI=1S/C20H16ClN3O2S/c21-13-6-8-14(9-7-13)23-19(26)17-15-4-1-5-16(15)27-20(17)24-18(25)12-3-2-10-22-11-12/h2-3,6-11H,1,4-5H2,(H,23,26)(H,24,25). The van der Waals surface area contributed by atoms with Crippen LogP contribution in [0.25, 0.3) is 0 Å². The van der Waals surface area contributed by atoms with E-state index in [1.807, 2.05) is 0 Å². The van der Waals surface area contributed by atoms with Crippen LogP contribution in [0, 0.1) is 0 Å². The van der Waals surface area contributed by atoms with Crippen LogP contribution in [0.2, 0.25) is 5.02 Å². The molecule has 0 bridgehead atoms. The van der Waals surface area contributed by atoms with Gasteiger partial charge in [0.2, 0.25) is 0 Å². The summed E-state index contributed by atoms with van der Waals surface area (Å²) in [6.07, 6.45) is 5.92. The third kappa shape index (κ3) is 3.72. The van der Waals surface area contributed by atoms with E-state index in [1.54, 1.807) is 42.6 Å². The molecule has 3 aromatic rings. The van der Waals surface area contributed by atoms with Gasteiger partial charge < -0.3 is 10.6 Å². The van der Waals surface area contributed by atoms with Crippen molar-refractivity contribution in [2.75, 3.05) is 10.6 Å². The number of thiophene rings is 1. The van der Waals surface area contributed by atoms with E-state index in [0.717, 1.165) is 29.7 Å². The minimum absolute atomic E-state index is 0.224.